The highest BCUT2D eigenvalue weighted by atomic mass is 16.4. The molecule has 0 saturated carbocycles. The van der Waals surface area contributed by atoms with Crippen molar-refractivity contribution in [3.05, 3.63) is 23.7 Å². The second kappa shape index (κ2) is 5.70. The zero-order valence-electron chi connectivity index (χ0n) is 12.5. The molecule has 0 spiro atoms. The monoisotopic (exact) mass is 278 g/mol. The first-order valence-electron chi connectivity index (χ1n) is 6.88. The van der Waals surface area contributed by atoms with E-state index in [1.165, 1.54) is 0 Å². The SMILES string of the molecule is CCCC(N)c1cn(Cc2nnc(C(C)(C)C)o2)nn1. The summed E-state index contributed by atoms with van der Waals surface area (Å²) in [4.78, 5) is 0. The van der Waals surface area contributed by atoms with Crippen molar-refractivity contribution < 1.29 is 4.42 Å². The number of rotatable bonds is 5. The van der Waals surface area contributed by atoms with Gasteiger partial charge in [0.15, 0.2) is 0 Å². The topological polar surface area (TPSA) is 95.7 Å². The Balaban J connectivity index is 2.05. The Morgan fingerprint density at radius 1 is 1.30 bits per heavy atom. The molecular formula is C13H22N6O. The third kappa shape index (κ3) is 3.41. The predicted molar refractivity (Wildman–Crippen MR) is 74.0 cm³/mol. The third-order valence-corrected chi connectivity index (χ3v) is 2.94. The summed E-state index contributed by atoms with van der Waals surface area (Å²) in [6, 6.07) is -0.0680. The molecule has 0 saturated heterocycles. The van der Waals surface area contributed by atoms with Gasteiger partial charge in [-0.3, -0.25) is 0 Å². The first-order valence-corrected chi connectivity index (χ1v) is 6.88. The molecule has 7 nitrogen and oxygen atoms in total. The number of aromatic nitrogens is 5. The first kappa shape index (κ1) is 14.6. The summed E-state index contributed by atoms with van der Waals surface area (Å²) in [7, 11) is 0. The third-order valence-electron chi connectivity index (χ3n) is 2.94. The summed E-state index contributed by atoms with van der Waals surface area (Å²) in [5.74, 6) is 1.14. The van der Waals surface area contributed by atoms with Gasteiger partial charge in [-0.2, -0.15) is 0 Å². The molecule has 0 aliphatic carbocycles. The lowest BCUT2D eigenvalue weighted by Crippen LogP contribution is -2.11. The van der Waals surface area contributed by atoms with Gasteiger partial charge in [-0.1, -0.05) is 39.3 Å². The van der Waals surface area contributed by atoms with Gasteiger partial charge < -0.3 is 10.2 Å². The molecule has 2 rings (SSSR count). The fraction of sp³-hybridized carbons (Fsp3) is 0.692. The van der Waals surface area contributed by atoms with Crippen LogP contribution in [0.15, 0.2) is 10.6 Å². The van der Waals surface area contributed by atoms with Crippen LogP contribution in [0.25, 0.3) is 0 Å². The van der Waals surface area contributed by atoms with Crippen LogP contribution in [0, 0.1) is 0 Å². The molecular weight excluding hydrogens is 256 g/mol. The minimum atomic E-state index is -0.151. The van der Waals surface area contributed by atoms with E-state index in [9.17, 15) is 0 Å². The quantitative estimate of drug-likeness (QED) is 0.896. The fourth-order valence-corrected chi connectivity index (χ4v) is 1.78. The van der Waals surface area contributed by atoms with E-state index in [4.69, 9.17) is 10.2 Å². The molecule has 0 fully saturated rings. The van der Waals surface area contributed by atoms with Crippen molar-refractivity contribution in [1.29, 1.82) is 0 Å². The van der Waals surface area contributed by atoms with Crippen molar-refractivity contribution >= 4 is 0 Å². The molecule has 2 heterocycles. The van der Waals surface area contributed by atoms with Crippen molar-refractivity contribution in [3.8, 4) is 0 Å². The largest absolute Gasteiger partial charge is 0.423 e. The van der Waals surface area contributed by atoms with E-state index in [0.717, 1.165) is 18.5 Å². The van der Waals surface area contributed by atoms with Crippen LogP contribution in [0.3, 0.4) is 0 Å². The van der Waals surface area contributed by atoms with Gasteiger partial charge in [0.2, 0.25) is 11.8 Å². The lowest BCUT2D eigenvalue weighted by Gasteiger charge is -2.10. The van der Waals surface area contributed by atoms with Crippen LogP contribution in [0.2, 0.25) is 0 Å². The van der Waals surface area contributed by atoms with Crippen molar-refractivity contribution in [3.63, 3.8) is 0 Å². The minimum Gasteiger partial charge on any atom is -0.423 e. The molecule has 0 bridgehead atoms. The van der Waals surface area contributed by atoms with Gasteiger partial charge in [0.1, 0.15) is 6.54 Å². The summed E-state index contributed by atoms with van der Waals surface area (Å²) < 4.78 is 7.30. The van der Waals surface area contributed by atoms with Crippen LogP contribution < -0.4 is 5.73 Å². The van der Waals surface area contributed by atoms with Gasteiger partial charge in [-0.25, -0.2) is 4.68 Å². The van der Waals surface area contributed by atoms with E-state index in [2.05, 4.69) is 27.4 Å². The Bertz CT molecular complexity index is 553. The number of hydrogen-bond acceptors (Lipinski definition) is 6. The molecule has 0 aliphatic heterocycles. The highest BCUT2D eigenvalue weighted by Gasteiger charge is 2.21. The van der Waals surface area contributed by atoms with E-state index < -0.39 is 0 Å². The van der Waals surface area contributed by atoms with Crippen molar-refractivity contribution in [2.75, 3.05) is 0 Å². The maximum Gasteiger partial charge on any atom is 0.238 e. The second-order valence-corrected chi connectivity index (χ2v) is 5.99. The molecule has 0 aromatic carbocycles. The van der Waals surface area contributed by atoms with Crippen molar-refractivity contribution in [1.82, 2.24) is 25.2 Å². The summed E-state index contributed by atoms with van der Waals surface area (Å²) in [6.07, 6.45) is 3.75. The molecule has 1 atom stereocenters. The number of nitrogens with two attached hydrogens (primary N) is 1. The Hall–Kier alpha value is -1.76. The molecule has 110 valence electrons. The predicted octanol–water partition coefficient (Wildman–Crippen LogP) is 1.81. The van der Waals surface area contributed by atoms with Gasteiger partial charge in [-0.15, -0.1) is 15.3 Å². The van der Waals surface area contributed by atoms with Crippen molar-refractivity contribution in [2.24, 2.45) is 5.73 Å². The Morgan fingerprint density at radius 2 is 2.05 bits per heavy atom. The average molecular weight is 278 g/mol. The summed E-state index contributed by atoms with van der Waals surface area (Å²) in [6.45, 7) is 8.59. The van der Waals surface area contributed by atoms with E-state index in [0.29, 0.717) is 18.3 Å². The lowest BCUT2D eigenvalue weighted by molar-refractivity contribution is 0.362. The van der Waals surface area contributed by atoms with E-state index in [1.807, 2.05) is 27.0 Å². The van der Waals surface area contributed by atoms with Gasteiger partial charge >= 0.3 is 0 Å². The smallest absolute Gasteiger partial charge is 0.238 e. The minimum absolute atomic E-state index is 0.0680. The number of hydrogen-bond donors (Lipinski definition) is 1. The van der Waals surface area contributed by atoms with Crippen LogP contribution >= 0.6 is 0 Å². The van der Waals surface area contributed by atoms with Gasteiger partial charge in [0.25, 0.3) is 0 Å². The van der Waals surface area contributed by atoms with E-state index >= 15 is 0 Å². The molecule has 0 amide bonds. The summed E-state index contributed by atoms with van der Waals surface area (Å²) in [5.41, 5.74) is 6.65. The standard InChI is InChI=1S/C13H22N6O/c1-5-6-9(14)10-7-19(18-15-10)8-11-16-17-12(20-11)13(2,3)4/h7,9H,5-6,8,14H2,1-4H3. The molecule has 2 N–H and O–H groups in total. The highest BCUT2D eigenvalue weighted by molar-refractivity contribution is 5.01. The zero-order chi connectivity index (χ0) is 14.8. The van der Waals surface area contributed by atoms with E-state index in [1.54, 1.807) is 4.68 Å². The second-order valence-electron chi connectivity index (χ2n) is 5.99. The molecule has 2 aromatic rings. The van der Waals surface area contributed by atoms with Crippen molar-refractivity contribution in [2.45, 2.75) is 58.5 Å². The molecule has 1 unspecified atom stereocenters. The summed E-state index contributed by atoms with van der Waals surface area (Å²) in [5, 5.41) is 16.2. The summed E-state index contributed by atoms with van der Waals surface area (Å²) >= 11 is 0. The lowest BCUT2D eigenvalue weighted by atomic mass is 9.97. The van der Waals surface area contributed by atoms with Gasteiger partial charge in [-0.05, 0) is 6.42 Å². The fourth-order valence-electron chi connectivity index (χ4n) is 1.78. The number of nitrogens with zero attached hydrogens (tertiary/aromatic N) is 5. The zero-order valence-corrected chi connectivity index (χ0v) is 12.5. The molecule has 0 radical (unpaired) electrons. The molecule has 20 heavy (non-hydrogen) atoms. The van der Waals surface area contributed by atoms with Gasteiger partial charge in [0.05, 0.1) is 17.9 Å². The average Bonchev–Trinajstić information content (AvgIpc) is 2.98. The first-order chi connectivity index (χ1) is 9.40. The van der Waals surface area contributed by atoms with Crippen LogP contribution in [-0.4, -0.2) is 25.2 Å². The van der Waals surface area contributed by atoms with Crippen LogP contribution in [0.5, 0.6) is 0 Å². The Labute approximate surface area is 118 Å². The molecule has 7 heteroatoms. The van der Waals surface area contributed by atoms with Gasteiger partial charge in [0, 0.05) is 5.41 Å². The molecule has 2 aromatic heterocycles. The van der Waals surface area contributed by atoms with Crippen LogP contribution in [0.1, 0.15) is 64.1 Å². The maximum absolute atomic E-state index is 6.01. The van der Waals surface area contributed by atoms with E-state index in [-0.39, 0.29) is 11.5 Å². The van der Waals surface area contributed by atoms with Crippen LogP contribution in [-0.2, 0) is 12.0 Å². The Kier molecular flexibility index (Phi) is 4.17. The van der Waals surface area contributed by atoms with Crippen LogP contribution in [0.4, 0.5) is 0 Å². The molecule has 0 aliphatic rings. The maximum atomic E-state index is 6.01. The normalized spacial score (nSPS) is 13.7. The highest BCUT2D eigenvalue weighted by Crippen LogP contribution is 2.20. The Morgan fingerprint density at radius 3 is 2.65 bits per heavy atom.